The standard InChI is InChI=1S/C8H8NO/c1-3-7-4-2-6-10-8(7)9-5-1/h3,5H,2,4,6H2. The highest BCUT2D eigenvalue weighted by molar-refractivity contribution is 5.26. The third kappa shape index (κ3) is 0.856. The zero-order chi connectivity index (χ0) is 6.81. The van der Waals surface area contributed by atoms with E-state index in [0.29, 0.717) is 0 Å². The second kappa shape index (κ2) is 2.29. The summed E-state index contributed by atoms with van der Waals surface area (Å²) in [6.45, 7) is 0.810. The molecule has 0 amide bonds. The molecular formula is C8H8NO. The van der Waals surface area contributed by atoms with Crippen molar-refractivity contribution in [3.05, 3.63) is 23.9 Å². The van der Waals surface area contributed by atoms with Crippen molar-refractivity contribution in [2.75, 3.05) is 6.61 Å². The Hall–Kier alpha value is -1.05. The highest BCUT2D eigenvalue weighted by Crippen LogP contribution is 2.19. The predicted molar refractivity (Wildman–Crippen MR) is 36.9 cm³/mol. The van der Waals surface area contributed by atoms with E-state index in [2.05, 4.69) is 11.1 Å². The van der Waals surface area contributed by atoms with Gasteiger partial charge in [0.2, 0.25) is 5.88 Å². The number of pyridine rings is 1. The van der Waals surface area contributed by atoms with Crippen molar-refractivity contribution in [2.24, 2.45) is 0 Å². The van der Waals surface area contributed by atoms with Crippen LogP contribution >= 0.6 is 0 Å². The lowest BCUT2D eigenvalue weighted by atomic mass is 10.1. The topological polar surface area (TPSA) is 22.1 Å². The van der Waals surface area contributed by atoms with Crippen molar-refractivity contribution in [1.82, 2.24) is 4.98 Å². The second-order valence-corrected chi connectivity index (χ2v) is 2.35. The van der Waals surface area contributed by atoms with Crippen molar-refractivity contribution < 1.29 is 4.74 Å². The molecule has 0 N–H and O–H groups in total. The van der Waals surface area contributed by atoms with E-state index >= 15 is 0 Å². The molecule has 0 saturated carbocycles. The minimum Gasteiger partial charge on any atom is -0.477 e. The summed E-state index contributed by atoms with van der Waals surface area (Å²) < 4.78 is 5.29. The molecule has 2 heteroatoms. The van der Waals surface area contributed by atoms with Gasteiger partial charge in [0.05, 0.1) is 6.61 Å². The zero-order valence-electron chi connectivity index (χ0n) is 5.63. The normalized spacial score (nSPS) is 15.6. The van der Waals surface area contributed by atoms with E-state index in [9.17, 15) is 0 Å². The van der Waals surface area contributed by atoms with Gasteiger partial charge in [0.1, 0.15) is 0 Å². The van der Waals surface area contributed by atoms with Gasteiger partial charge in [-0.15, -0.1) is 0 Å². The molecule has 0 fully saturated rings. The quantitative estimate of drug-likeness (QED) is 0.532. The third-order valence-corrected chi connectivity index (χ3v) is 1.62. The lowest BCUT2D eigenvalue weighted by Crippen LogP contribution is -2.09. The summed E-state index contributed by atoms with van der Waals surface area (Å²) in [5.74, 6) is 0.796. The zero-order valence-corrected chi connectivity index (χ0v) is 5.63. The Morgan fingerprint density at radius 1 is 1.60 bits per heavy atom. The Labute approximate surface area is 59.9 Å². The van der Waals surface area contributed by atoms with Gasteiger partial charge in [-0.25, -0.2) is 4.98 Å². The van der Waals surface area contributed by atoms with Gasteiger partial charge in [0.15, 0.2) is 0 Å². The molecule has 0 spiro atoms. The summed E-state index contributed by atoms with van der Waals surface area (Å²) in [6.07, 6.45) is 3.83. The highest BCUT2D eigenvalue weighted by Gasteiger charge is 2.08. The summed E-state index contributed by atoms with van der Waals surface area (Å²) in [5.41, 5.74) is 1.19. The summed E-state index contributed by atoms with van der Waals surface area (Å²) in [5, 5.41) is 0. The Bertz CT molecular complexity index is 209. The number of nitrogens with zero attached hydrogens (tertiary/aromatic N) is 1. The lowest BCUT2D eigenvalue weighted by Gasteiger charge is -2.14. The lowest BCUT2D eigenvalue weighted by molar-refractivity contribution is 0.276. The molecule has 1 aromatic rings. The van der Waals surface area contributed by atoms with Crippen LogP contribution in [0.1, 0.15) is 12.0 Å². The molecule has 2 heterocycles. The maximum atomic E-state index is 5.29. The van der Waals surface area contributed by atoms with Crippen molar-refractivity contribution in [1.29, 1.82) is 0 Å². The summed E-state index contributed by atoms with van der Waals surface area (Å²) in [7, 11) is 0. The van der Waals surface area contributed by atoms with E-state index in [4.69, 9.17) is 4.74 Å². The Morgan fingerprint density at radius 3 is 3.50 bits per heavy atom. The molecule has 0 bridgehead atoms. The largest absolute Gasteiger partial charge is 0.477 e. The van der Waals surface area contributed by atoms with Crippen LogP contribution in [0.4, 0.5) is 0 Å². The van der Waals surface area contributed by atoms with Crippen molar-refractivity contribution in [3.8, 4) is 5.88 Å². The number of fused-ring (bicyclic) bond motifs is 1. The Kier molecular flexibility index (Phi) is 1.31. The molecule has 0 atom stereocenters. The van der Waals surface area contributed by atoms with Crippen LogP contribution in [0, 0.1) is 6.07 Å². The first-order valence-electron chi connectivity index (χ1n) is 3.44. The van der Waals surface area contributed by atoms with Crippen LogP contribution in [0.2, 0.25) is 0 Å². The van der Waals surface area contributed by atoms with Crippen molar-refractivity contribution >= 4 is 0 Å². The average molecular weight is 134 g/mol. The van der Waals surface area contributed by atoms with Gasteiger partial charge in [0.25, 0.3) is 0 Å². The van der Waals surface area contributed by atoms with Crippen LogP contribution in [0.5, 0.6) is 5.88 Å². The van der Waals surface area contributed by atoms with Gasteiger partial charge in [-0.1, -0.05) is 0 Å². The highest BCUT2D eigenvalue weighted by atomic mass is 16.5. The fraction of sp³-hybridized carbons (Fsp3) is 0.375. The minimum atomic E-state index is 0.796. The van der Waals surface area contributed by atoms with E-state index < -0.39 is 0 Å². The smallest absolute Gasteiger partial charge is 0.216 e. The molecule has 10 heavy (non-hydrogen) atoms. The molecular weight excluding hydrogens is 126 g/mol. The van der Waals surface area contributed by atoms with Gasteiger partial charge >= 0.3 is 0 Å². The second-order valence-electron chi connectivity index (χ2n) is 2.35. The first-order valence-corrected chi connectivity index (χ1v) is 3.44. The number of rotatable bonds is 0. The predicted octanol–water partition coefficient (Wildman–Crippen LogP) is 1.21. The third-order valence-electron chi connectivity index (χ3n) is 1.62. The maximum absolute atomic E-state index is 5.29. The van der Waals surface area contributed by atoms with Gasteiger partial charge in [0, 0.05) is 17.8 Å². The van der Waals surface area contributed by atoms with Gasteiger partial charge in [-0.2, -0.15) is 0 Å². The van der Waals surface area contributed by atoms with E-state index in [-0.39, 0.29) is 0 Å². The first kappa shape index (κ1) is 5.71. The minimum absolute atomic E-state index is 0.796. The fourth-order valence-corrected chi connectivity index (χ4v) is 1.12. The summed E-state index contributed by atoms with van der Waals surface area (Å²) >= 11 is 0. The molecule has 0 aliphatic carbocycles. The molecule has 0 unspecified atom stereocenters. The Morgan fingerprint density at radius 2 is 2.60 bits per heavy atom. The Balaban J connectivity index is 2.41. The number of hydrogen-bond acceptors (Lipinski definition) is 2. The molecule has 1 aliphatic rings. The van der Waals surface area contributed by atoms with Crippen LogP contribution in [0.25, 0.3) is 0 Å². The van der Waals surface area contributed by atoms with Crippen LogP contribution in [0.3, 0.4) is 0 Å². The molecule has 1 radical (unpaired) electrons. The number of aryl methyl sites for hydroxylation is 1. The van der Waals surface area contributed by atoms with Gasteiger partial charge < -0.3 is 4.74 Å². The van der Waals surface area contributed by atoms with Gasteiger partial charge in [-0.3, -0.25) is 0 Å². The monoisotopic (exact) mass is 134 g/mol. The van der Waals surface area contributed by atoms with E-state index in [0.717, 1.165) is 25.3 Å². The van der Waals surface area contributed by atoms with E-state index in [1.165, 1.54) is 5.56 Å². The van der Waals surface area contributed by atoms with Crippen molar-refractivity contribution in [2.45, 2.75) is 12.8 Å². The molecule has 2 nitrogen and oxygen atoms in total. The van der Waals surface area contributed by atoms with Crippen LogP contribution in [0.15, 0.2) is 12.3 Å². The summed E-state index contributed by atoms with van der Waals surface area (Å²) in [6, 6.07) is 4.88. The van der Waals surface area contributed by atoms with E-state index in [1.54, 1.807) is 6.20 Å². The molecule has 0 aromatic carbocycles. The molecule has 51 valence electrons. The van der Waals surface area contributed by atoms with Crippen molar-refractivity contribution in [3.63, 3.8) is 0 Å². The first-order chi connectivity index (χ1) is 4.97. The number of ether oxygens (including phenoxy) is 1. The van der Waals surface area contributed by atoms with Gasteiger partial charge in [-0.05, 0) is 18.9 Å². The number of aromatic nitrogens is 1. The molecule has 1 aromatic heterocycles. The van der Waals surface area contributed by atoms with Crippen LogP contribution in [-0.4, -0.2) is 11.6 Å². The number of hydrogen-bond donors (Lipinski definition) is 0. The fourth-order valence-electron chi connectivity index (χ4n) is 1.12. The molecule has 0 saturated heterocycles. The van der Waals surface area contributed by atoms with Crippen LogP contribution in [-0.2, 0) is 6.42 Å². The summed E-state index contributed by atoms with van der Waals surface area (Å²) in [4.78, 5) is 4.04. The van der Waals surface area contributed by atoms with E-state index in [1.807, 2.05) is 6.07 Å². The molecule has 1 aliphatic heterocycles. The SMILES string of the molecule is [c]1cnc2c(c1)CCCO2. The molecule has 2 rings (SSSR count). The maximum Gasteiger partial charge on any atom is 0.216 e. The van der Waals surface area contributed by atoms with Crippen LogP contribution < -0.4 is 4.74 Å². The average Bonchev–Trinajstić information content (AvgIpc) is 2.05.